The van der Waals surface area contributed by atoms with Crippen molar-refractivity contribution in [2.75, 3.05) is 27.7 Å². The van der Waals surface area contributed by atoms with Crippen LogP contribution in [0.1, 0.15) is 5.56 Å². The van der Waals surface area contributed by atoms with Gasteiger partial charge in [-0.15, -0.1) is 0 Å². The summed E-state index contributed by atoms with van der Waals surface area (Å²) in [6, 6.07) is 5.56. The van der Waals surface area contributed by atoms with Gasteiger partial charge in [0.05, 0.1) is 7.11 Å². The number of benzene rings is 1. The molecule has 0 atom stereocenters. The van der Waals surface area contributed by atoms with Crippen molar-refractivity contribution in [3.63, 3.8) is 0 Å². The van der Waals surface area contributed by atoms with E-state index in [2.05, 4.69) is 20.2 Å². The molecule has 1 amide bonds. The Hall–Kier alpha value is -2.05. The van der Waals surface area contributed by atoms with E-state index in [1.165, 1.54) is 7.11 Å². The third-order valence-corrected chi connectivity index (χ3v) is 2.97. The Morgan fingerprint density at radius 2 is 2.20 bits per heavy atom. The number of aromatic amines is 1. The molecule has 0 aliphatic carbocycles. The fourth-order valence-corrected chi connectivity index (χ4v) is 2.05. The zero-order valence-corrected chi connectivity index (χ0v) is 11.9. The van der Waals surface area contributed by atoms with Crippen LogP contribution in [0.5, 0.6) is 5.75 Å². The van der Waals surface area contributed by atoms with E-state index in [1.54, 1.807) is 6.07 Å². The van der Waals surface area contributed by atoms with Crippen molar-refractivity contribution in [3.05, 3.63) is 30.0 Å². The van der Waals surface area contributed by atoms with Crippen molar-refractivity contribution in [2.45, 2.75) is 6.42 Å². The maximum atomic E-state index is 11.5. The van der Waals surface area contributed by atoms with Gasteiger partial charge in [-0.25, -0.2) is 4.79 Å². The molecule has 2 N–H and O–H groups in total. The number of ether oxygens (including phenoxy) is 1. The van der Waals surface area contributed by atoms with E-state index in [1.807, 2.05) is 32.4 Å². The maximum Gasteiger partial charge on any atom is 0.436 e. The van der Waals surface area contributed by atoms with Crippen LogP contribution < -0.4 is 10.2 Å². The van der Waals surface area contributed by atoms with E-state index in [0.29, 0.717) is 5.75 Å². The highest BCUT2D eigenvalue weighted by Gasteiger charge is 2.12. The third kappa shape index (κ3) is 3.28. The second-order valence-electron chi connectivity index (χ2n) is 4.74. The Labute approximate surface area is 117 Å². The Kier molecular flexibility index (Phi) is 4.60. The molecule has 0 saturated carbocycles. The number of aromatic nitrogens is 1. The number of rotatable bonds is 5. The van der Waals surface area contributed by atoms with E-state index in [-0.39, 0.29) is 0 Å². The summed E-state index contributed by atoms with van der Waals surface area (Å²) >= 11 is 0. The number of carbonyl (C=O) groups is 1. The number of likely N-dealkylation sites (N-methyl/N-ethyl adjacent to an activating group) is 1. The van der Waals surface area contributed by atoms with Crippen LogP contribution in [0, 0.1) is 0 Å². The molecule has 0 fully saturated rings. The average Bonchev–Trinajstić information content (AvgIpc) is 2.81. The summed E-state index contributed by atoms with van der Waals surface area (Å²) < 4.78 is 5.27. The minimum Gasteiger partial charge on any atom is -0.408 e. The molecule has 1 aromatic heterocycles. The van der Waals surface area contributed by atoms with Crippen molar-refractivity contribution in [1.82, 2.24) is 15.4 Å². The summed E-state index contributed by atoms with van der Waals surface area (Å²) in [5, 5.41) is 0.931. The zero-order chi connectivity index (χ0) is 14.5. The highest BCUT2D eigenvalue weighted by Crippen LogP contribution is 2.29. The SMILES string of the molecule is CONC(=O)Oc1cccc2[nH]cc(CCN(C)C)c12. The Balaban J connectivity index is 2.29. The monoisotopic (exact) mass is 277 g/mol. The smallest absolute Gasteiger partial charge is 0.408 e. The molecule has 0 unspecified atom stereocenters. The topological polar surface area (TPSA) is 66.6 Å². The Morgan fingerprint density at radius 3 is 2.90 bits per heavy atom. The molecule has 2 aromatic rings. The standard InChI is InChI=1S/C14H19N3O3/c1-17(2)8-7-10-9-15-11-5-4-6-12(13(10)11)20-14(18)16-19-3/h4-6,9,15H,7-8H2,1-3H3,(H,16,18). The molecule has 0 saturated heterocycles. The quantitative estimate of drug-likeness (QED) is 0.819. The fourth-order valence-electron chi connectivity index (χ4n) is 2.05. The van der Waals surface area contributed by atoms with Crippen molar-refractivity contribution in [3.8, 4) is 5.75 Å². The van der Waals surface area contributed by atoms with Gasteiger partial charge in [-0.3, -0.25) is 4.84 Å². The largest absolute Gasteiger partial charge is 0.436 e. The van der Waals surface area contributed by atoms with Gasteiger partial charge in [-0.1, -0.05) is 6.07 Å². The number of H-pyrrole nitrogens is 1. The van der Waals surface area contributed by atoms with Gasteiger partial charge in [-0.05, 0) is 38.2 Å². The minimum absolute atomic E-state index is 0.520. The molecular weight excluding hydrogens is 258 g/mol. The Morgan fingerprint density at radius 1 is 1.40 bits per heavy atom. The molecule has 0 radical (unpaired) electrons. The maximum absolute atomic E-state index is 11.5. The van der Waals surface area contributed by atoms with Crippen LogP contribution in [0.3, 0.4) is 0 Å². The van der Waals surface area contributed by atoms with Gasteiger partial charge in [0.15, 0.2) is 0 Å². The fraction of sp³-hybridized carbons (Fsp3) is 0.357. The highest BCUT2D eigenvalue weighted by atomic mass is 16.7. The Bertz CT molecular complexity index is 592. The lowest BCUT2D eigenvalue weighted by molar-refractivity contribution is 0.0848. The third-order valence-electron chi connectivity index (χ3n) is 2.97. The first-order chi connectivity index (χ1) is 9.61. The van der Waals surface area contributed by atoms with Crippen molar-refractivity contribution < 1.29 is 14.4 Å². The van der Waals surface area contributed by atoms with Crippen LogP contribution >= 0.6 is 0 Å². The van der Waals surface area contributed by atoms with Gasteiger partial charge in [-0.2, -0.15) is 5.48 Å². The number of fused-ring (bicyclic) bond motifs is 1. The van der Waals surface area contributed by atoms with Crippen LogP contribution in [0.2, 0.25) is 0 Å². The van der Waals surface area contributed by atoms with Crippen LogP contribution in [0.4, 0.5) is 4.79 Å². The molecule has 0 bridgehead atoms. The van der Waals surface area contributed by atoms with Gasteiger partial charge in [0.2, 0.25) is 0 Å². The molecule has 108 valence electrons. The van der Waals surface area contributed by atoms with E-state index in [4.69, 9.17) is 4.74 Å². The number of nitrogens with zero attached hydrogens (tertiary/aromatic N) is 1. The van der Waals surface area contributed by atoms with Crippen LogP contribution in [0.15, 0.2) is 24.4 Å². The van der Waals surface area contributed by atoms with Gasteiger partial charge >= 0.3 is 6.09 Å². The number of amides is 1. The molecule has 0 aliphatic heterocycles. The number of hydrogen-bond acceptors (Lipinski definition) is 4. The summed E-state index contributed by atoms with van der Waals surface area (Å²) in [6.07, 6.45) is 2.19. The summed E-state index contributed by atoms with van der Waals surface area (Å²) in [5.41, 5.74) is 4.21. The molecule has 20 heavy (non-hydrogen) atoms. The molecule has 6 nitrogen and oxygen atoms in total. The first-order valence-electron chi connectivity index (χ1n) is 6.36. The lowest BCUT2D eigenvalue weighted by Gasteiger charge is -2.10. The predicted octanol–water partition coefficient (Wildman–Crippen LogP) is 1.92. The zero-order valence-electron chi connectivity index (χ0n) is 11.9. The molecule has 1 aromatic carbocycles. The van der Waals surface area contributed by atoms with Crippen LogP contribution in [0.25, 0.3) is 10.9 Å². The predicted molar refractivity (Wildman–Crippen MR) is 76.7 cm³/mol. The van der Waals surface area contributed by atoms with E-state index < -0.39 is 6.09 Å². The van der Waals surface area contributed by atoms with Crippen molar-refractivity contribution in [1.29, 1.82) is 0 Å². The second kappa shape index (κ2) is 6.40. The normalized spacial score (nSPS) is 11.0. The number of nitrogens with one attached hydrogen (secondary N) is 2. The van der Waals surface area contributed by atoms with Gasteiger partial charge in [0.25, 0.3) is 0 Å². The summed E-state index contributed by atoms with van der Waals surface area (Å²) in [4.78, 5) is 21.3. The molecule has 6 heteroatoms. The van der Waals surface area contributed by atoms with Crippen LogP contribution in [-0.2, 0) is 11.3 Å². The summed E-state index contributed by atoms with van der Waals surface area (Å²) in [7, 11) is 5.41. The average molecular weight is 277 g/mol. The second-order valence-corrected chi connectivity index (χ2v) is 4.74. The highest BCUT2D eigenvalue weighted by molar-refractivity contribution is 5.91. The van der Waals surface area contributed by atoms with Crippen molar-refractivity contribution >= 4 is 17.0 Å². The molecule has 2 rings (SSSR count). The van der Waals surface area contributed by atoms with Crippen LogP contribution in [-0.4, -0.2) is 43.7 Å². The molecule has 1 heterocycles. The number of hydrogen-bond donors (Lipinski definition) is 2. The first kappa shape index (κ1) is 14.4. The summed E-state index contributed by atoms with van der Waals surface area (Å²) in [5.74, 6) is 0.520. The first-order valence-corrected chi connectivity index (χ1v) is 6.36. The minimum atomic E-state index is -0.639. The van der Waals surface area contributed by atoms with E-state index in [9.17, 15) is 4.79 Å². The lowest BCUT2D eigenvalue weighted by atomic mass is 10.1. The lowest BCUT2D eigenvalue weighted by Crippen LogP contribution is -2.25. The van der Waals surface area contributed by atoms with E-state index >= 15 is 0 Å². The van der Waals surface area contributed by atoms with Gasteiger partial charge in [0.1, 0.15) is 5.75 Å². The molecule has 0 spiro atoms. The number of hydroxylamine groups is 1. The summed E-state index contributed by atoms with van der Waals surface area (Å²) in [6.45, 7) is 0.922. The number of carbonyl (C=O) groups excluding carboxylic acids is 1. The van der Waals surface area contributed by atoms with E-state index in [0.717, 1.165) is 29.4 Å². The van der Waals surface area contributed by atoms with Gasteiger partial charge < -0.3 is 14.6 Å². The molecular formula is C14H19N3O3. The van der Waals surface area contributed by atoms with Gasteiger partial charge in [0, 0.05) is 23.6 Å². The molecule has 0 aliphatic rings. The van der Waals surface area contributed by atoms with Crippen molar-refractivity contribution in [2.24, 2.45) is 0 Å².